The Labute approximate surface area is 120 Å². The summed E-state index contributed by atoms with van der Waals surface area (Å²) in [6.07, 6.45) is 0. The van der Waals surface area contributed by atoms with E-state index in [1.807, 2.05) is 24.3 Å². The lowest BCUT2D eigenvalue weighted by Crippen LogP contribution is -2.09. The zero-order valence-corrected chi connectivity index (χ0v) is 11.8. The summed E-state index contributed by atoms with van der Waals surface area (Å²) in [6.45, 7) is 2.63. The number of hydrogen-bond donors (Lipinski definition) is 1. The van der Waals surface area contributed by atoms with Gasteiger partial charge in [0.1, 0.15) is 28.8 Å². The van der Waals surface area contributed by atoms with E-state index in [0.29, 0.717) is 12.4 Å². The second-order valence-corrected chi connectivity index (χ2v) is 6.18. The summed E-state index contributed by atoms with van der Waals surface area (Å²) in [4.78, 5) is 11.3. The maximum Gasteiger partial charge on any atom is 0.143 e. The van der Waals surface area contributed by atoms with Crippen molar-refractivity contribution in [2.45, 2.75) is 12.8 Å². The molecule has 0 aliphatic carbocycles. The van der Waals surface area contributed by atoms with Gasteiger partial charge < -0.3 is 10.5 Å². The van der Waals surface area contributed by atoms with Crippen molar-refractivity contribution in [3.05, 3.63) is 46.6 Å². The fourth-order valence-corrected chi connectivity index (χ4v) is 3.51. The van der Waals surface area contributed by atoms with Crippen molar-refractivity contribution < 1.29 is 4.74 Å². The molecule has 4 nitrogen and oxygen atoms in total. The van der Waals surface area contributed by atoms with E-state index < -0.39 is 0 Å². The number of anilines is 1. The number of aryl methyl sites for hydroxylation is 1. The summed E-state index contributed by atoms with van der Waals surface area (Å²) in [5, 5.41) is 0.948. The molecule has 3 aromatic rings. The normalized spacial score (nSPS) is 17.1. The van der Waals surface area contributed by atoms with E-state index in [2.05, 4.69) is 23.0 Å². The zero-order valence-electron chi connectivity index (χ0n) is 11.0. The van der Waals surface area contributed by atoms with Gasteiger partial charge in [0.2, 0.25) is 0 Å². The van der Waals surface area contributed by atoms with E-state index >= 15 is 0 Å². The first-order valence-electron chi connectivity index (χ1n) is 6.47. The van der Waals surface area contributed by atoms with Gasteiger partial charge in [0.25, 0.3) is 0 Å². The minimum Gasteiger partial charge on any atom is -0.492 e. The molecule has 3 heterocycles. The number of fused-ring (bicyclic) bond motifs is 2. The third kappa shape index (κ3) is 1.67. The molecule has 0 fully saturated rings. The van der Waals surface area contributed by atoms with Crippen LogP contribution in [0.5, 0.6) is 5.75 Å². The van der Waals surface area contributed by atoms with E-state index in [9.17, 15) is 0 Å². The van der Waals surface area contributed by atoms with Gasteiger partial charge in [0.05, 0.1) is 11.3 Å². The zero-order chi connectivity index (χ0) is 13.7. The SMILES string of the molecule is Cc1cc2c(N)nc(C3COc4ccccc43)nc2s1. The van der Waals surface area contributed by atoms with Gasteiger partial charge >= 0.3 is 0 Å². The quantitative estimate of drug-likeness (QED) is 0.745. The molecule has 1 unspecified atom stereocenters. The Hall–Kier alpha value is -2.14. The van der Waals surface area contributed by atoms with Crippen LogP contribution < -0.4 is 10.5 Å². The van der Waals surface area contributed by atoms with Crippen LogP contribution in [0.3, 0.4) is 0 Å². The number of rotatable bonds is 1. The van der Waals surface area contributed by atoms with Crippen LogP contribution in [0.1, 0.15) is 22.2 Å². The summed E-state index contributed by atoms with van der Waals surface area (Å²) in [6, 6.07) is 10.1. The van der Waals surface area contributed by atoms with Gasteiger partial charge in [-0.25, -0.2) is 9.97 Å². The molecule has 0 saturated carbocycles. The van der Waals surface area contributed by atoms with Crippen LogP contribution in [-0.2, 0) is 0 Å². The summed E-state index contributed by atoms with van der Waals surface area (Å²) in [5.74, 6) is 2.29. The second-order valence-electron chi connectivity index (χ2n) is 4.94. The molecule has 1 aliphatic heterocycles. The Morgan fingerprint density at radius 1 is 1.30 bits per heavy atom. The first-order chi connectivity index (χ1) is 9.72. The average molecular weight is 283 g/mol. The van der Waals surface area contributed by atoms with Crippen LogP contribution in [0.25, 0.3) is 10.2 Å². The number of hydrogen-bond acceptors (Lipinski definition) is 5. The predicted octanol–water partition coefficient (Wildman–Crippen LogP) is 3.11. The van der Waals surface area contributed by atoms with Crippen LogP contribution in [0.2, 0.25) is 0 Å². The minimum absolute atomic E-state index is 0.0697. The third-order valence-electron chi connectivity index (χ3n) is 3.57. The van der Waals surface area contributed by atoms with Crippen LogP contribution in [0, 0.1) is 6.92 Å². The van der Waals surface area contributed by atoms with Gasteiger partial charge in [-0.05, 0) is 19.1 Å². The lowest BCUT2D eigenvalue weighted by molar-refractivity contribution is 0.340. The van der Waals surface area contributed by atoms with E-state index in [1.54, 1.807) is 11.3 Å². The standard InChI is InChI=1S/C15H13N3OS/c1-8-6-10-13(16)17-14(18-15(10)20-8)11-7-19-12-5-3-2-4-9(11)12/h2-6,11H,7H2,1H3,(H2,16,17,18). The Kier molecular flexibility index (Phi) is 2.44. The van der Waals surface area contributed by atoms with Gasteiger partial charge in [0.15, 0.2) is 0 Å². The van der Waals surface area contributed by atoms with Gasteiger partial charge in [0, 0.05) is 10.4 Å². The number of nitrogens with two attached hydrogens (primary N) is 1. The molecule has 2 N–H and O–H groups in total. The van der Waals surface area contributed by atoms with E-state index in [1.165, 1.54) is 4.88 Å². The molecule has 1 aliphatic rings. The number of nitrogen functional groups attached to an aromatic ring is 1. The van der Waals surface area contributed by atoms with E-state index in [-0.39, 0.29) is 5.92 Å². The lowest BCUT2D eigenvalue weighted by atomic mass is 10.0. The minimum atomic E-state index is 0.0697. The number of para-hydroxylation sites is 1. The van der Waals surface area contributed by atoms with Crippen molar-refractivity contribution in [1.82, 2.24) is 9.97 Å². The van der Waals surface area contributed by atoms with Crippen LogP contribution in [-0.4, -0.2) is 16.6 Å². The van der Waals surface area contributed by atoms with Gasteiger partial charge in [-0.3, -0.25) is 0 Å². The highest BCUT2D eigenvalue weighted by Gasteiger charge is 2.28. The summed E-state index contributed by atoms with van der Waals surface area (Å²) in [5.41, 5.74) is 7.21. The van der Waals surface area contributed by atoms with Gasteiger partial charge in [-0.15, -0.1) is 11.3 Å². The van der Waals surface area contributed by atoms with Gasteiger partial charge in [-0.2, -0.15) is 0 Å². The molecule has 20 heavy (non-hydrogen) atoms. The summed E-state index contributed by atoms with van der Waals surface area (Å²) in [7, 11) is 0. The number of nitrogens with zero attached hydrogens (tertiary/aromatic N) is 2. The number of aromatic nitrogens is 2. The maximum atomic E-state index is 6.07. The molecule has 0 amide bonds. The third-order valence-corrected chi connectivity index (χ3v) is 4.52. The molecule has 5 heteroatoms. The maximum absolute atomic E-state index is 6.07. The van der Waals surface area contributed by atoms with Crippen molar-refractivity contribution in [3.8, 4) is 5.75 Å². The van der Waals surface area contributed by atoms with Gasteiger partial charge in [-0.1, -0.05) is 18.2 Å². The van der Waals surface area contributed by atoms with Crippen molar-refractivity contribution in [2.24, 2.45) is 0 Å². The lowest BCUT2D eigenvalue weighted by Gasteiger charge is -2.08. The molecule has 0 spiro atoms. The van der Waals surface area contributed by atoms with Crippen molar-refractivity contribution in [3.63, 3.8) is 0 Å². The first-order valence-corrected chi connectivity index (χ1v) is 7.29. The molecule has 4 rings (SSSR count). The molecule has 0 radical (unpaired) electrons. The average Bonchev–Trinajstić information content (AvgIpc) is 3.01. The monoisotopic (exact) mass is 283 g/mol. The topological polar surface area (TPSA) is 61.0 Å². The smallest absolute Gasteiger partial charge is 0.143 e. The molecular formula is C15H13N3OS. The summed E-state index contributed by atoms with van der Waals surface area (Å²) >= 11 is 1.65. The summed E-state index contributed by atoms with van der Waals surface area (Å²) < 4.78 is 5.71. The highest BCUT2D eigenvalue weighted by molar-refractivity contribution is 7.18. The first kappa shape index (κ1) is 11.7. The number of ether oxygens (including phenoxy) is 1. The molecule has 1 aromatic carbocycles. The number of thiophene rings is 1. The van der Waals surface area contributed by atoms with Crippen LogP contribution in [0.15, 0.2) is 30.3 Å². The Morgan fingerprint density at radius 2 is 2.15 bits per heavy atom. The largest absolute Gasteiger partial charge is 0.492 e. The second kappa shape index (κ2) is 4.18. The number of benzene rings is 1. The Bertz CT molecular complexity index is 812. The Morgan fingerprint density at radius 3 is 3.05 bits per heavy atom. The van der Waals surface area contributed by atoms with E-state index in [0.717, 1.165) is 27.4 Å². The molecule has 100 valence electrons. The van der Waals surface area contributed by atoms with Crippen LogP contribution >= 0.6 is 11.3 Å². The molecule has 1 atom stereocenters. The fourth-order valence-electron chi connectivity index (χ4n) is 2.61. The predicted molar refractivity (Wildman–Crippen MR) is 80.3 cm³/mol. The van der Waals surface area contributed by atoms with Crippen molar-refractivity contribution >= 4 is 27.4 Å². The highest BCUT2D eigenvalue weighted by atomic mass is 32.1. The van der Waals surface area contributed by atoms with Crippen molar-refractivity contribution in [1.29, 1.82) is 0 Å². The molecular weight excluding hydrogens is 270 g/mol. The molecule has 0 saturated heterocycles. The highest BCUT2D eigenvalue weighted by Crippen LogP contribution is 2.38. The Balaban J connectivity index is 1.87. The molecule has 0 bridgehead atoms. The van der Waals surface area contributed by atoms with E-state index in [4.69, 9.17) is 10.5 Å². The fraction of sp³-hybridized carbons (Fsp3) is 0.200. The van der Waals surface area contributed by atoms with Crippen molar-refractivity contribution in [2.75, 3.05) is 12.3 Å². The molecule has 2 aromatic heterocycles. The van der Waals surface area contributed by atoms with Crippen LogP contribution in [0.4, 0.5) is 5.82 Å².